The SMILES string of the molecule is Cc1ccc2c(oc3cnccc32)c1N1C=CN(C(C)C)C1(C)C. The second-order valence-corrected chi connectivity index (χ2v) is 7.25. The van der Waals surface area contributed by atoms with Gasteiger partial charge in [-0.25, -0.2) is 0 Å². The van der Waals surface area contributed by atoms with Crippen LogP contribution < -0.4 is 4.90 Å². The summed E-state index contributed by atoms with van der Waals surface area (Å²) in [4.78, 5) is 8.88. The van der Waals surface area contributed by atoms with Crippen molar-refractivity contribution in [3.05, 3.63) is 48.6 Å². The molecular formula is C20H23N3O. The number of nitrogens with zero attached hydrogens (tertiary/aromatic N) is 3. The van der Waals surface area contributed by atoms with Crippen LogP contribution in [-0.2, 0) is 0 Å². The van der Waals surface area contributed by atoms with E-state index in [0.717, 1.165) is 27.6 Å². The van der Waals surface area contributed by atoms with Crippen LogP contribution in [0.3, 0.4) is 0 Å². The largest absolute Gasteiger partial charge is 0.452 e. The van der Waals surface area contributed by atoms with Crippen molar-refractivity contribution in [1.29, 1.82) is 0 Å². The minimum absolute atomic E-state index is 0.148. The van der Waals surface area contributed by atoms with Crippen molar-refractivity contribution in [3.63, 3.8) is 0 Å². The number of fused-ring (bicyclic) bond motifs is 3. The van der Waals surface area contributed by atoms with E-state index in [0.29, 0.717) is 6.04 Å². The van der Waals surface area contributed by atoms with Gasteiger partial charge in [0.25, 0.3) is 0 Å². The maximum Gasteiger partial charge on any atom is 0.159 e. The number of hydrogen-bond acceptors (Lipinski definition) is 4. The number of hydrogen-bond donors (Lipinski definition) is 0. The van der Waals surface area contributed by atoms with Gasteiger partial charge in [-0.15, -0.1) is 0 Å². The van der Waals surface area contributed by atoms with Crippen molar-refractivity contribution in [2.75, 3.05) is 4.90 Å². The predicted octanol–water partition coefficient (Wildman–Crippen LogP) is 5.03. The first-order chi connectivity index (χ1) is 11.4. The molecule has 0 amide bonds. The molecule has 124 valence electrons. The lowest BCUT2D eigenvalue weighted by Crippen LogP contribution is -2.51. The van der Waals surface area contributed by atoms with Crippen molar-refractivity contribution < 1.29 is 4.42 Å². The number of furan rings is 1. The van der Waals surface area contributed by atoms with E-state index in [-0.39, 0.29) is 5.66 Å². The van der Waals surface area contributed by atoms with E-state index < -0.39 is 0 Å². The van der Waals surface area contributed by atoms with Gasteiger partial charge in [-0.2, -0.15) is 0 Å². The van der Waals surface area contributed by atoms with E-state index in [1.807, 2.05) is 12.3 Å². The molecular weight excluding hydrogens is 298 g/mol. The molecule has 4 nitrogen and oxygen atoms in total. The van der Waals surface area contributed by atoms with Crippen molar-refractivity contribution in [1.82, 2.24) is 9.88 Å². The molecule has 1 aliphatic heterocycles. The average molecular weight is 321 g/mol. The van der Waals surface area contributed by atoms with Crippen LogP contribution in [0.5, 0.6) is 0 Å². The quantitative estimate of drug-likeness (QED) is 0.663. The van der Waals surface area contributed by atoms with Crippen molar-refractivity contribution >= 4 is 27.6 Å². The standard InChI is InChI=1S/C20H23N3O/c1-13(2)22-10-11-23(20(22,4)5)18-14(3)6-7-16-15-8-9-21-12-17(15)24-19(16)18/h6-13H,1-5H3. The Balaban J connectivity index is 1.97. The van der Waals surface area contributed by atoms with Crippen molar-refractivity contribution in [3.8, 4) is 0 Å². The first-order valence-electron chi connectivity index (χ1n) is 8.43. The molecule has 4 heteroatoms. The smallest absolute Gasteiger partial charge is 0.159 e. The zero-order valence-electron chi connectivity index (χ0n) is 14.9. The van der Waals surface area contributed by atoms with E-state index >= 15 is 0 Å². The van der Waals surface area contributed by atoms with Crippen LogP contribution in [0.1, 0.15) is 33.3 Å². The average Bonchev–Trinajstić information content (AvgIpc) is 3.04. The molecule has 0 N–H and O–H groups in total. The Hall–Kier alpha value is -2.49. The fraction of sp³-hybridized carbons (Fsp3) is 0.350. The summed E-state index contributed by atoms with van der Waals surface area (Å²) in [7, 11) is 0. The zero-order valence-corrected chi connectivity index (χ0v) is 14.9. The number of rotatable bonds is 2. The molecule has 1 aromatic carbocycles. The normalized spacial score (nSPS) is 16.9. The van der Waals surface area contributed by atoms with Crippen molar-refractivity contribution in [2.45, 2.75) is 46.3 Å². The molecule has 0 saturated carbocycles. The molecule has 0 bridgehead atoms. The summed E-state index contributed by atoms with van der Waals surface area (Å²) < 4.78 is 6.21. The van der Waals surface area contributed by atoms with E-state index in [1.165, 1.54) is 5.56 Å². The van der Waals surface area contributed by atoms with Gasteiger partial charge in [-0.1, -0.05) is 12.1 Å². The van der Waals surface area contributed by atoms with Crippen LogP contribution >= 0.6 is 0 Å². The molecule has 3 heterocycles. The molecule has 2 aromatic heterocycles. The van der Waals surface area contributed by atoms with Crippen LogP contribution in [0.4, 0.5) is 5.69 Å². The van der Waals surface area contributed by atoms with Crippen LogP contribution in [0.25, 0.3) is 21.9 Å². The third kappa shape index (κ3) is 1.95. The lowest BCUT2D eigenvalue weighted by atomic mass is 10.0. The summed E-state index contributed by atoms with van der Waals surface area (Å²) in [6.07, 6.45) is 7.94. The summed E-state index contributed by atoms with van der Waals surface area (Å²) in [5.41, 5.74) is 3.96. The van der Waals surface area contributed by atoms with E-state index in [2.05, 4.69) is 73.9 Å². The summed E-state index contributed by atoms with van der Waals surface area (Å²) in [6.45, 7) is 11.1. The lowest BCUT2D eigenvalue weighted by Gasteiger charge is -2.42. The highest BCUT2D eigenvalue weighted by Crippen LogP contribution is 2.42. The molecule has 0 saturated heterocycles. The number of benzene rings is 1. The molecule has 0 aliphatic carbocycles. The minimum atomic E-state index is -0.148. The molecule has 4 rings (SSSR count). The molecule has 24 heavy (non-hydrogen) atoms. The Morgan fingerprint density at radius 2 is 1.88 bits per heavy atom. The summed E-state index contributed by atoms with van der Waals surface area (Å²) in [5, 5.41) is 2.25. The Kier molecular flexibility index (Phi) is 3.14. The molecule has 0 fully saturated rings. The van der Waals surface area contributed by atoms with Crippen LogP contribution in [-0.4, -0.2) is 21.6 Å². The first kappa shape index (κ1) is 15.1. The third-order valence-electron chi connectivity index (χ3n) is 5.01. The molecule has 0 spiro atoms. The van der Waals surface area contributed by atoms with Gasteiger partial charge in [-0.3, -0.25) is 4.98 Å². The van der Waals surface area contributed by atoms with Gasteiger partial charge in [-0.05, 0) is 46.2 Å². The number of anilines is 1. The third-order valence-corrected chi connectivity index (χ3v) is 5.01. The fourth-order valence-electron chi connectivity index (χ4n) is 3.86. The van der Waals surface area contributed by atoms with Gasteiger partial charge in [0.1, 0.15) is 5.66 Å². The molecule has 3 aromatic rings. The van der Waals surface area contributed by atoms with E-state index in [1.54, 1.807) is 6.20 Å². The maximum atomic E-state index is 6.21. The fourth-order valence-corrected chi connectivity index (χ4v) is 3.86. The highest BCUT2D eigenvalue weighted by molar-refractivity contribution is 6.09. The topological polar surface area (TPSA) is 32.5 Å². The molecule has 1 aliphatic rings. The second-order valence-electron chi connectivity index (χ2n) is 7.25. The van der Waals surface area contributed by atoms with Gasteiger partial charge in [0.2, 0.25) is 0 Å². The highest BCUT2D eigenvalue weighted by Gasteiger charge is 2.38. The number of pyridine rings is 1. The van der Waals surface area contributed by atoms with Gasteiger partial charge in [0.15, 0.2) is 11.2 Å². The maximum absolute atomic E-state index is 6.21. The van der Waals surface area contributed by atoms with E-state index in [4.69, 9.17) is 4.42 Å². The Morgan fingerprint density at radius 1 is 1.08 bits per heavy atom. The van der Waals surface area contributed by atoms with Gasteiger partial charge in [0.05, 0.1) is 11.9 Å². The van der Waals surface area contributed by atoms with Crippen LogP contribution in [0, 0.1) is 6.92 Å². The van der Waals surface area contributed by atoms with Crippen LogP contribution in [0.2, 0.25) is 0 Å². The second kappa shape index (κ2) is 5.00. The molecule has 0 unspecified atom stereocenters. The molecule has 0 atom stereocenters. The van der Waals surface area contributed by atoms with Gasteiger partial charge >= 0.3 is 0 Å². The number of aryl methyl sites for hydroxylation is 1. The Labute approximate surface area is 142 Å². The highest BCUT2D eigenvalue weighted by atomic mass is 16.3. The number of aromatic nitrogens is 1. The van der Waals surface area contributed by atoms with Crippen LogP contribution in [0.15, 0.2) is 47.4 Å². The van der Waals surface area contributed by atoms with Crippen molar-refractivity contribution in [2.24, 2.45) is 0 Å². The zero-order chi connectivity index (χ0) is 17.1. The molecule has 0 radical (unpaired) electrons. The monoisotopic (exact) mass is 321 g/mol. The summed E-state index contributed by atoms with van der Waals surface area (Å²) >= 11 is 0. The van der Waals surface area contributed by atoms with Gasteiger partial charge in [0, 0.05) is 35.4 Å². The lowest BCUT2D eigenvalue weighted by molar-refractivity contribution is 0.170. The summed E-state index contributed by atoms with van der Waals surface area (Å²) in [5.74, 6) is 0. The Morgan fingerprint density at radius 3 is 2.58 bits per heavy atom. The van der Waals surface area contributed by atoms with Gasteiger partial charge < -0.3 is 14.2 Å². The Bertz CT molecular complexity index is 952. The van der Waals surface area contributed by atoms with E-state index in [9.17, 15) is 0 Å². The predicted molar refractivity (Wildman–Crippen MR) is 98.9 cm³/mol. The first-order valence-corrected chi connectivity index (χ1v) is 8.43. The summed E-state index contributed by atoms with van der Waals surface area (Å²) in [6, 6.07) is 6.77. The minimum Gasteiger partial charge on any atom is -0.452 e.